The zero-order valence-corrected chi connectivity index (χ0v) is 24.0. The van der Waals surface area contributed by atoms with E-state index in [9.17, 15) is 9.59 Å². The van der Waals surface area contributed by atoms with E-state index in [0.717, 1.165) is 34.8 Å². The van der Waals surface area contributed by atoms with E-state index in [1.54, 1.807) is 0 Å². The number of aryl methyl sites for hydroxylation is 2. The molecule has 2 heteroatoms. The molecule has 0 heterocycles. The first kappa shape index (κ1) is 25.4. The van der Waals surface area contributed by atoms with E-state index in [4.69, 9.17) is 0 Å². The van der Waals surface area contributed by atoms with Gasteiger partial charge in [0.1, 0.15) is 12.6 Å². The zero-order valence-electron chi connectivity index (χ0n) is 24.0. The molecule has 0 fully saturated rings. The predicted octanol–water partition coefficient (Wildman–Crippen LogP) is 9.61. The SMILES string of the molecule is Cc1ccc2c(c1)C1(c3ccc(-c4ccc(C=O)cc4)cc3-c3cc(-c4ccc(C=O)cc4)ccc31)c1cc(C)ccc1-2. The van der Waals surface area contributed by atoms with Crippen LogP contribution in [0, 0.1) is 13.8 Å². The molecule has 0 saturated heterocycles. The molecule has 0 radical (unpaired) electrons. The van der Waals surface area contributed by atoms with Crippen LogP contribution in [0.25, 0.3) is 44.5 Å². The number of fused-ring (bicyclic) bond motifs is 10. The Bertz CT molecular complexity index is 1960. The average Bonchev–Trinajstić information content (AvgIpc) is 3.50. The minimum absolute atomic E-state index is 0.423. The molecule has 0 saturated carbocycles. The van der Waals surface area contributed by atoms with Crippen molar-refractivity contribution in [1.29, 1.82) is 0 Å². The topological polar surface area (TPSA) is 34.1 Å². The Hall–Kier alpha value is -5.34. The lowest BCUT2D eigenvalue weighted by atomic mass is 9.70. The lowest BCUT2D eigenvalue weighted by molar-refractivity contribution is 0.111. The van der Waals surface area contributed by atoms with Crippen LogP contribution in [0.2, 0.25) is 0 Å². The van der Waals surface area contributed by atoms with Gasteiger partial charge in [-0.1, -0.05) is 120 Å². The van der Waals surface area contributed by atoms with Crippen molar-refractivity contribution in [3.05, 3.63) is 166 Å². The van der Waals surface area contributed by atoms with Crippen molar-refractivity contribution in [3.8, 4) is 44.5 Å². The maximum absolute atomic E-state index is 11.3. The molecular weight excluding hydrogens is 524 g/mol. The molecule has 0 aromatic heterocycles. The summed E-state index contributed by atoms with van der Waals surface area (Å²) in [4.78, 5) is 22.6. The number of hydrogen-bond donors (Lipinski definition) is 0. The van der Waals surface area contributed by atoms with Crippen LogP contribution < -0.4 is 0 Å². The van der Waals surface area contributed by atoms with Crippen LogP contribution in [0.15, 0.2) is 121 Å². The van der Waals surface area contributed by atoms with Crippen molar-refractivity contribution in [2.24, 2.45) is 0 Å². The molecule has 2 aliphatic rings. The molecule has 1 spiro atoms. The Kier molecular flexibility index (Phi) is 5.51. The van der Waals surface area contributed by atoms with Gasteiger partial charge >= 0.3 is 0 Å². The summed E-state index contributed by atoms with van der Waals surface area (Å²) in [7, 11) is 0. The minimum atomic E-state index is -0.423. The van der Waals surface area contributed by atoms with Gasteiger partial charge in [0.25, 0.3) is 0 Å². The quantitative estimate of drug-likeness (QED) is 0.204. The number of aldehydes is 2. The third-order valence-corrected chi connectivity index (χ3v) is 9.35. The van der Waals surface area contributed by atoms with Crippen molar-refractivity contribution in [1.82, 2.24) is 0 Å². The van der Waals surface area contributed by atoms with Gasteiger partial charge in [-0.3, -0.25) is 9.59 Å². The normalized spacial score (nSPS) is 13.3. The minimum Gasteiger partial charge on any atom is -0.298 e. The molecule has 8 rings (SSSR count). The zero-order chi connectivity index (χ0) is 29.3. The second kappa shape index (κ2) is 9.34. The number of carbonyl (C=O) groups is 2. The largest absolute Gasteiger partial charge is 0.298 e. The van der Waals surface area contributed by atoms with Gasteiger partial charge in [0, 0.05) is 11.1 Å². The number of benzene rings is 6. The fraction of sp³-hybridized carbons (Fsp3) is 0.0732. The van der Waals surface area contributed by atoms with E-state index in [1.165, 1.54) is 55.6 Å². The first-order valence-corrected chi connectivity index (χ1v) is 14.6. The van der Waals surface area contributed by atoms with Crippen LogP contribution in [0.3, 0.4) is 0 Å². The molecule has 2 nitrogen and oxygen atoms in total. The third-order valence-electron chi connectivity index (χ3n) is 9.35. The van der Waals surface area contributed by atoms with Crippen molar-refractivity contribution in [2.45, 2.75) is 19.3 Å². The second-order valence-corrected chi connectivity index (χ2v) is 11.8. The van der Waals surface area contributed by atoms with Crippen LogP contribution in [-0.2, 0) is 5.41 Å². The van der Waals surface area contributed by atoms with E-state index in [0.29, 0.717) is 11.1 Å². The Morgan fingerprint density at radius 2 is 0.791 bits per heavy atom. The van der Waals surface area contributed by atoms with Gasteiger partial charge in [-0.05, 0) is 92.7 Å². The third kappa shape index (κ3) is 3.60. The van der Waals surface area contributed by atoms with Crippen molar-refractivity contribution >= 4 is 12.6 Å². The molecule has 6 aromatic carbocycles. The Balaban J connectivity index is 1.44. The molecule has 0 amide bonds. The van der Waals surface area contributed by atoms with Gasteiger partial charge in [0.2, 0.25) is 0 Å². The molecule has 0 unspecified atom stereocenters. The highest BCUT2D eigenvalue weighted by atomic mass is 16.1. The van der Waals surface area contributed by atoms with E-state index in [1.807, 2.05) is 48.5 Å². The predicted molar refractivity (Wildman–Crippen MR) is 174 cm³/mol. The molecular formula is C41H28O2. The molecule has 0 bridgehead atoms. The summed E-state index contributed by atoms with van der Waals surface area (Å²) < 4.78 is 0. The highest BCUT2D eigenvalue weighted by Crippen LogP contribution is 2.63. The van der Waals surface area contributed by atoms with E-state index >= 15 is 0 Å². The summed E-state index contributed by atoms with van der Waals surface area (Å²) in [5, 5.41) is 0. The summed E-state index contributed by atoms with van der Waals surface area (Å²) in [5.41, 5.74) is 18.1. The summed E-state index contributed by atoms with van der Waals surface area (Å²) >= 11 is 0. The number of carbonyl (C=O) groups excluding carboxylic acids is 2. The van der Waals surface area contributed by atoms with Gasteiger partial charge in [-0.15, -0.1) is 0 Å². The fourth-order valence-corrected chi connectivity index (χ4v) is 7.33. The monoisotopic (exact) mass is 552 g/mol. The molecule has 0 aliphatic heterocycles. The molecule has 2 aliphatic carbocycles. The fourth-order valence-electron chi connectivity index (χ4n) is 7.33. The van der Waals surface area contributed by atoms with Gasteiger partial charge in [-0.25, -0.2) is 0 Å². The second-order valence-electron chi connectivity index (χ2n) is 11.8. The maximum Gasteiger partial charge on any atom is 0.150 e. The molecule has 0 atom stereocenters. The number of hydrogen-bond acceptors (Lipinski definition) is 2. The summed E-state index contributed by atoms with van der Waals surface area (Å²) in [5.74, 6) is 0. The first-order valence-electron chi connectivity index (χ1n) is 14.6. The average molecular weight is 553 g/mol. The highest BCUT2D eigenvalue weighted by Gasteiger charge is 2.51. The van der Waals surface area contributed by atoms with Gasteiger partial charge < -0.3 is 0 Å². The van der Waals surface area contributed by atoms with Crippen LogP contribution in [0.1, 0.15) is 54.1 Å². The van der Waals surface area contributed by atoms with E-state index in [-0.39, 0.29) is 0 Å². The lowest BCUT2D eigenvalue weighted by Crippen LogP contribution is -2.26. The van der Waals surface area contributed by atoms with Crippen molar-refractivity contribution in [2.75, 3.05) is 0 Å². The lowest BCUT2D eigenvalue weighted by Gasteiger charge is -2.31. The van der Waals surface area contributed by atoms with Crippen LogP contribution in [0.4, 0.5) is 0 Å². The standard InChI is InChI=1S/C41H28O2/c1-25-3-15-33-34-16-4-26(2)20-40(34)41(39(33)19-25)37-17-13-31(29-9-5-27(23-42)6-10-29)21-35(37)36-22-32(14-18-38(36)41)30-11-7-28(24-43)8-12-30/h3-24H,1-2H3. The molecule has 43 heavy (non-hydrogen) atoms. The molecule has 0 N–H and O–H groups in total. The smallest absolute Gasteiger partial charge is 0.150 e. The Morgan fingerprint density at radius 3 is 1.19 bits per heavy atom. The van der Waals surface area contributed by atoms with Crippen molar-refractivity contribution in [3.63, 3.8) is 0 Å². The Morgan fingerprint density at radius 1 is 0.395 bits per heavy atom. The molecule has 6 aromatic rings. The summed E-state index contributed by atoms with van der Waals surface area (Å²) in [6, 6.07) is 43.1. The van der Waals surface area contributed by atoms with Crippen molar-refractivity contribution < 1.29 is 9.59 Å². The van der Waals surface area contributed by atoms with Gasteiger partial charge in [0.15, 0.2) is 0 Å². The Labute approximate surface area is 251 Å². The number of rotatable bonds is 4. The van der Waals surface area contributed by atoms with Gasteiger partial charge in [0.05, 0.1) is 5.41 Å². The maximum atomic E-state index is 11.3. The van der Waals surface area contributed by atoms with E-state index in [2.05, 4.69) is 86.6 Å². The summed E-state index contributed by atoms with van der Waals surface area (Å²) in [6.45, 7) is 4.36. The van der Waals surface area contributed by atoms with Crippen LogP contribution >= 0.6 is 0 Å². The van der Waals surface area contributed by atoms with Crippen LogP contribution in [0.5, 0.6) is 0 Å². The summed E-state index contributed by atoms with van der Waals surface area (Å²) in [6.07, 6.45) is 1.77. The van der Waals surface area contributed by atoms with Crippen LogP contribution in [-0.4, -0.2) is 12.6 Å². The van der Waals surface area contributed by atoms with Gasteiger partial charge in [-0.2, -0.15) is 0 Å². The van der Waals surface area contributed by atoms with E-state index < -0.39 is 5.41 Å². The molecule has 204 valence electrons. The first-order chi connectivity index (χ1) is 21.0. The highest BCUT2D eigenvalue weighted by molar-refractivity contribution is 5.97.